The number of amides is 2. The molecular weight excluding hydrogens is 282 g/mol. The molecule has 1 saturated heterocycles. The molecule has 2 fully saturated rings. The second-order valence-electron chi connectivity index (χ2n) is 6.46. The predicted octanol–water partition coefficient (Wildman–Crippen LogP) is 1.02. The van der Waals surface area contributed by atoms with E-state index in [4.69, 9.17) is 0 Å². The van der Waals surface area contributed by atoms with Crippen molar-refractivity contribution in [2.45, 2.75) is 32.2 Å². The molecule has 2 aromatic rings. The lowest BCUT2D eigenvalue weighted by Crippen LogP contribution is -2.50. The molecule has 114 valence electrons. The average molecular weight is 299 g/mol. The summed E-state index contributed by atoms with van der Waals surface area (Å²) in [5.74, 6) is -0.565. The summed E-state index contributed by atoms with van der Waals surface area (Å²) in [6.45, 7) is 1.94. The monoisotopic (exact) mass is 299 g/mol. The number of hydrogen-bond donors (Lipinski definition) is 1. The van der Waals surface area contributed by atoms with Crippen molar-refractivity contribution in [1.82, 2.24) is 14.7 Å². The number of imide groups is 1. The second-order valence-corrected chi connectivity index (χ2v) is 6.46. The van der Waals surface area contributed by atoms with E-state index in [0.29, 0.717) is 11.8 Å². The SMILES string of the molecule is Cc1cccc2c(=O)n(C3CC4(CC4)C(=O)NC3=O)n(C)c12. The molecule has 1 unspecified atom stereocenters. The maximum Gasteiger partial charge on any atom is 0.275 e. The Kier molecular flexibility index (Phi) is 2.47. The predicted molar refractivity (Wildman–Crippen MR) is 80.4 cm³/mol. The highest BCUT2D eigenvalue weighted by atomic mass is 16.2. The van der Waals surface area contributed by atoms with Crippen molar-refractivity contribution in [2.24, 2.45) is 12.5 Å². The number of fused-ring (bicyclic) bond motifs is 1. The molecule has 22 heavy (non-hydrogen) atoms. The van der Waals surface area contributed by atoms with E-state index in [0.717, 1.165) is 23.9 Å². The fourth-order valence-electron chi connectivity index (χ4n) is 3.64. The Morgan fingerprint density at radius 1 is 1.23 bits per heavy atom. The van der Waals surface area contributed by atoms with Gasteiger partial charge in [0.05, 0.1) is 16.3 Å². The van der Waals surface area contributed by atoms with Crippen LogP contribution in [0.4, 0.5) is 0 Å². The van der Waals surface area contributed by atoms with Gasteiger partial charge >= 0.3 is 0 Å². The zero-order valence-electron chi connectivity index (χ0n) is 12.5. The summed E-state index contributed by atoms with van der Waals surface area (Å²) in [5, 5.41) is 3.05. The topological polar surface area (TPSA) is 73.1 Å². The van der Waals surface area contributed by atoms with E-state index in [1.165, 1.54) is 4.68 Å². The Hall–Kier alpha value is -2.37. The third-order valence-corrected chi connectivity index (χ3v) is 5.08. The van der Waals surface area contributed by atoms with Gasteiger partial charge in [-0.2, -0.15) is 0 Å². The molecule has 1 aromatic carbocycles. The zero-order valence-corrected chi connectivity index (χ0v) is 12.5. The first-order valence-electron chi connectivity index (χ1n) is 7.47. The molecule has 6 nitrogen and oxygen atoms in total. The lowest BCUT2D eigenvalue weighted by Gasteiger charge is -2.29. The average Bonchev–Trinajstić information content (AvgIpc) is 3.20. The summed E-state index contributed by atoms with van der Waals surface area (Å²) >= 11 is 0. The van der Waals surface area contributed by atoms with Crippen LogP contribution in [-0.2, 0) is 16.6 Å². The maximum absolute atomic E-state index is 12.7. The van der Waals surface area contributed by atoms with Gasteiger partial charge in [0, 0.05) is 7.05 Å². The third kappa shape index (κ3) is 1.58. The number of carbonyl (C=O) groups excluding carboxylic acids is 2. The Bertz CT molecular complexity index is 886. The van der Waals surface area contributed by atoms with Crippen LogP contribution in [0.5, 0.6) is 0 Å². The molecule has 1 aliphatic heterocycles. The van der Waals surface area contributed by atoms with Crippen LogP contribution in [0.3, 0.4) is 0 Å². The smallest absolute Gasteiger partial charge is 0.275 e. The minimum absolute atomic E-state index is 0.175. The number of hydrogen-bond acceptors (Lipinski definition) is 3. The molecule has 0 radical (unpaired) electrons. The molecule has 2 amide bonds. The van der Waals surface area contributed by atoms with Crippen molar-refractivity contribution in [3.8, 4) is 0 Å². The van der Waals surface area contributed by atoms with Crippen LogP contribution in [0.15, 0.2) is 23.0 Å². The molecular formula is C16H17N3O3. The molecule has 4 rings (SSSR count). The van der Waals surface area contributed by atoms with E-state index < -0.39 is 11.5 Å². The van der Waals surface area contributed by atoms with E-state index in [2.05, 4.69) is 5.32 Å². The largest absolute Gasteiger partial charge is 0.294 e. The van der Waals surface area contributed by atoms with E-state index in [1.54, 1.807) is 17.8 Å². The number of para-hydroxylation sites is 1. The number of aromatic nitrogens is 2. The number of carbonyl (C=O) groups is 2. The van der Waals surface area contributed by atoms with Crippen LogP contribution in [0.1, 0.15) is 30.9 Å². The molecule has 1 aliphatic carbocycles. The first kappa shape index (κ1) is 13.3. The van der Waals surface area contributed by atoms with Gasteiger partial charge < -0.3 is 0 Å². The molecule has 1 aromatic heterocycles. The molecule has 0 bridgehead atoms. The number of rotatable bonds is 1. The van der Waals surface area contributed by atoms with Crippen molar-refractivity contribution in [2.75, 3.05) is 0 Å². The van der Waals surface area contributed by atoms with Gasteiger partial charge in [0.15, 0.2) is 0 Å². The minimum Gasteiger partial charge on any atom is -0.294 e. The molecule has 1 spiro atoms. The van der Waals surface area contributed by atoms with Crippen LogP contribution in [0, 0.1) is 12.3 Å². The summed E-state index contributed by atoms with van der Waals surface area (Å²) in [5.41, 5.74) is 1.21. The van der Waals surface area contributed by atoms with Gasteiger partial charge in [-0.3, -0.25) is 24.4 Å². The Morgan fingerprint density at radius 2 is 1.95 bits per heavy atom. The highest BCUT2D eigenvalue weighted by molar-refractivity contribution is 6.03. The molecule has 1 N–H and O–H groups in total. The van der Waals surface area contributed by atoms with Crippen LogP contribution < -0.4 is 10.9 Å². The molecule has 2 heterocycles. The fourth-order valence-corrected chi connectivity index (χ4v) is 3.64. The van der Waals surface area contributed by atoms with Crippen LogP contribution in [0.2, 0.25) is 0 Å². The zero-order chi connectivity index (χ0) is 15.6. The van der Waals surface area contributed by atoms with Gasteiger partial charge in [0.2, 0.25) is 5.91 Å². The van der Waals surface area contributed by atoms with Gasteiger partial charge in [0.1, 0.15) is 6.04 Å². The number of nitrogens with zero attached hydrogens (tertiary/aromatic N) is 2. The van der Waals surface area contributed by atoms with Crippen molar-refractivity contribution in [1.29, 1.82) is 0 Å². The van der Waals surface area contributed by atoms with Crippen LogP contribution in [-0.4, -0.2) is 21.2 Å². The van der Waals surface area contributed by atoms with Gasteiger partial charge in [-0.25, -0.2) is 4.68 Å². The lowest BCUT2D eigenvalue weighted by molar-refractivity contribution is -0.140. The summed E-state index contributed by atoms with van der Waals surface area (Å²) in [4.78, 5) is 37.0. The number of benzene rings is 1. The van der Waals surface area contributed by atoms with E-state index in [9.17, 15) is 14.4 Å². The normalized spacial score (nSPS) is 23.1. The molecule has 1 atom stereocenters. The summed E-state index contributed by atoms with van der Waals surface area (Å²) < 4.78 is 3.25. The van der Waals surface area contributed by atoms with Crippen molar-refractivity contribution >= 4 is 22.7 Å². The molecule has 1 saturated carbocycles. The summed E-state index contributed by atoms with van der Waals surface area (Å²) in [7, 11) is 1.79. The van der Waals surface area contributed by atoms with Gasteiger partial charge in [-0.1, -0.05) is 12.1 Å². The van der Waals surface area contributed by atoms with Crippen LogP contribution in [0.25, 0.3) is 10.9 Å². The second kappa shape index (κ2) is 4.09. The lowest BCUT2D eigenvalue weighted by atomic mass is 9.91. The summed E-state index contributed by atoms with van der Waals surface area (Å²) in [6.07, 6.45) is 2.00. The Morgan fingerprint density at radius 3 is 2.59 bits per heavy atom. The first-order valence-corrected chi connectivity index (χ1v) is 7.47. The summed E-state index contributed by atoms with van der Waals surface area (Å²) in [6, 6.07) is 4.94. The molecule has 6 heteroatoms. The minimum atomic E-state index is -0.621. The fraction of sp³-hybridized carbons (Fsp3) is 0.438. The Balaban J connectivity index is 1.91. The standard InChI is InChI=1S/C16H17N3O3/c1-9-4-3-5-10-12(9)18(2)19(14(10)21)11-8-16(6-7-16)15(22)17-13(11)20/h3-5,11H,6-8H2,1-2H3,(H,17,20,22). The number of piperidine rings is 1. The number of aryl methyl sites for hydroxylation is 2. The van der Waals surface area contributed by atoms with Crippen LogP contribution >= 0.6 is 0 Å². The number of nitrogens with one attached hydrogen (secondary N) is 1. The van der Waals surface area contributed by atoms with Crippen molar-refractivity contribution in [3.05, 3.63) is 34.1 Å². The quantitative estimate of drug-likeness (QED) is 0.799. The maximum atomic E-state index is 12.7. The van der Waals surface area contributed by atoms with E-state index >= 15 is 0 Å². The van der Waals surface area contributed by atoms with Crippen molar-refractivity contribution in [3.63, 3.8) is 0 Å². The van der Waals surface area contributed by atoms with Gasteiger partial charge in [-0.15, -0.1) is 0 Å². The highest BCUT2D eigenvalue weighted by Gasteiger charge is 2.56. The highest BCUT2D eigenvalue weighted by Crippen LogP contribution is 2.53. The van der Waals surface area contributed by atoms with Gasteiger partial charge in [0.25, 0.3) is 11.5 Å². The van der Waals surface area contributed by atoms with E-state index in [1.807, 2.05) is 19.1 Å². The Labute approximate surface area is 126 Å². The van der Waals surface area contributed by atoms with Gasteiger partial charge in [-0.05, 0) is 37.8 Å². The molecule has 2 aliphatic rings. The van der Waals surface area contributed by atoms with Crippen molar-refractivity contribution < 1.29 is 9.59 Å². The third-order valence-electron chi connectivity index (χ3n) is 5.08. The first-order chi connectivity index (χ1) is 10.4. The van der Waals surface area contributed by atoms with E-state index in [-0.39, 0.29) is 17.4 Å².